The highest BCUT2D eigenvalue weighted by Crippen LogP contribution is 2.58. The zero-order valence-electron chi connectivity index (χ0n) is 20.3. The Balaban J connectivity index is 1.90. The highest BCUT2D eigenvalue weighted by atomic mass is 32.1. The lowest BCUT2D eigenvalue weighted by molar-refractivity contribution is 0.889. The summed E-state index contributed by atoms with van der Waals surface area (Å²) in [6, 6.07) is 10.0. The molecule has 0 fully saturated rings. The van der Waals surface area contributed by atoms with Crippen LogP contribution in [0.4, 0.5) is 0 Å². The van der Waals surface area contributed by atoms with E-state index in [0.29, 0.717) is 23.7 Å². The largest absolute Gasteiger partial charge is 0.138 e. The number of rotatable bonds is 4. The van der Waals surface area contributed by atoms with Gasteiger partial charge in [0, 0.05) is 41.8 Å². The molecule has 0 N–H and O–H groups in total. The molecule has 0 saturated carbocycles. The van der Waals surface area contributed by atoms with Crippen molar-refractivity contribution in [3.8, 4) is 41.8 Å². The van der Waals surface area contributed by atoms with Crippen molar-refractivity contribution >= 4 is 45.3 Å². The van der Waals surface area contributed by atoms with Gasteiger partial charge in [0.2, 0.25) is 0 Å². The Morgan fingerprint density at radius 1 is 0.375 bits per heavy atom. The second-order valence-electron chi connectivity index (χ2n) is 10.2. The van der Waals surface area contributed by atoms with E-state index in [1.54, 1.807) is 0 Å². The molecule has 0 saturated heterocycles. The van der Waals surface area contributed by atoms with Crippen LogP contribution in [0, 0.1) is 0 Å². The molecule has 4 heteroatoms. The summed E-state index contributed by atoms with van der Waals surface area (Å²) in [6.07, 6.45) is 0. The lowest BCUT2D eigenvalue weighted by atomic mass is 9.94. The molecule has 4 aromatic rings. The van der Waals surface area contributed by atoms with Crippen molar-refractivity contribution in [3.63, 3.8) is 0 Å². The van der Waals surface area contributed by atoms with Crippen molar-refractivity contribution in [2.24, 2.45) is 0 Å². The highest BCUT2D eigenvalue weighted by Gasteiger charge is 2.30. The fourth-order valence-electron chi connectivity index (χ4n) is 4.25. The third-order valence-corrected chi connectivity index (χ3v) is 12.3. The van der Waals surface area contributed by atoms with Crippen molar-refractivity contribution < 1.29 is 0 Å². The van der Waals surface area contributed by atoms with Gasteiger partial charge in [-0.25, -0.2) is 0 Å². The van der Waals surface area contributed by atoms with E-state index in [2.05, 4.69) is 79.7 Å². The molecule has 0 spiro atoms. The predicted molar refractivity (Wildman–Crippen MR) is 150 cm³/mol. The summed E-state index contributed by atoms with van der Waals surface area (Å²) in [5, 5.41) is 0. The second kappa shape index (κ2) is 8.23. The molecule has 0 unspecified atom stereocenters. The van der Waals surface area contributed by atoms with Gasteiger partial charge in [-0.05, 0) is 47.9 Å². The van der Waals surface area contributed by atoms with Crippen LogP contribution in [0.1, 0.15) is 98.6 Å². The molecule has 0 amide bonds. The molecule has 168 valence electrons. The van der Waals surface area contributed by atoms with E-state index in [-0.39, 0.29) is 0 Å². The fourth-order valence-corrected chi connectivity index (χ4v) is 9.27. The first-order valence-electron chi connectivity index (χ1n) is 11.7. The van der Waals surface area contributed by atoms with Crippen LogP contribution in [0.25, 0.3) is 41.8 Å². The minimum absolute atomic E-state index is 0.550. The molecule has 0 aliphatic heterocycles. The van der Waals surface area contributed by atoms with Gasteiger partial charge < -0.3 is 0 Å². The van der Waals surface area contributed by atoms with Crippen molar-refractivity contribution in [2.45, 2.75) is 79.1 Å². The van der Waals surface area contributed by atoms with Crippen LogP contribution < -0.4 is 0 Å². The van der Waals surface area contributed by atoms with Gasteiger partial charge in [0.05, 0.1) is 19.5 Å². The van der Waals surface area contributed by atoms with Gasteiger partial charge in [0.25, 0.3) is 0 Å². The Bertz CT molecular complexity index is 975. The number of thiophene rings is 4. The third-order valence-electron chi connectivity index (χ3n) is 6.27. The molecule has 0 nitrogen and oxygen atoms in total. The van der Waals surface area contributed by atoms with Gasteiger partial charge in [-0.2, -0.15) is 0 Å². The van der Waals surface area contributed by atoms with Gasteiger partial charge >= 0.3 is 0 Å². The van der Waals surface area contributed by atoms with E-state index >= 15 is 0 Å². The molecule has 0 bridgehead atoms. The fraction of sp³-hybridized carbons (Fsp3) is 0.429. The summed E-state index contributed by atoms with van der Waals surface area (Å²) in [4.78, 5) is 11.9. The highest BCUT2D eigenvalue weighted by molar-refractivity contribution is 7.25. The summed E-state index contributed by atoms with van der Waals surface area (Å²) in [5.41, 5.74) is 5.83. The van der Waals surface area contributed by atoms with Gasteiger partial charge in [0.15, 0.2) is 0 Å². The van der Waals surface area contributed by atoms with Crippen LogP contribution in [0.2, 0.25) is 0 Å². The Morgan fingerprint density at radius 2 is 0.562 bits per heavy atom. The Labute approximate surface area is 209 Å². The normalized spacial score (nSPS) is 12.9. The molecule has 4 heterocycles. The van der Waals surface area contributed by atoms with E-state index in [9.17, 15) is 0 Å². The maximum Gasteiger partial charge on any atom is 0.0530 e. The molecule has 0 atom stereocenters. The van der Waals surface area contributed by atoms with E-state index in [1.165, 1.54) is 61.3 Å². The second-order valence-corrected chi connectivity index (χ2v) is 14.5. The van der Waals surface area contributed by atoms with Gasteiger partial charge in [-0.15, -0.1) is 45.3 Å². The Morgan fingerprint density at radius 3 is 0.719 bits per heavy atom. The van der Waals surface area contributed by atoms with E-state index in [4.69, 9.17) is 0 Å². The number of fused-ring (bicyclic) bond motifs is 8. The first-order valence-corrected chi connectivity index (χ1v) is 15.0. The summed E-state index contributed by atoms with van der Waals surface area (Å²) >= 11 is 8.08. The monoisotopic (exact) mass is 496 g/mol. The molecular weight excluding hydrogens is 465 g/mol. The third kappa shape index (κ3) is 3.58. The zero-order chi connectivity index (χ0) is 22.9. The van der Waals surface area contributed by atoms with Crippen LogP contribution >= 0.6 is 45.3 Å². The van der Waals surface area contributed by atoms with E-state index < -0.39 is 0 Å². The molecule has 4 aromatic heterocycles. The average molecular weight is 497 g/mol. The maximum atomic E-state index is 2.50. The predicted octanol–water partition coefficient (Wildman–Crippen LogP) is 11.4. The SMILES string of the molecule is CC(C)c1cc2c(s1)-c1sc(C(C)C)cc1-c1cc(C(C)C)sc1-c1sc(C(C)C)cc1-2. The van der Waals surface area contributed by atoms with E-state index in [0.717, 1.165) is 0 Å². The standard InChI is InChI=1S/C28H32S4/c1-13(2)21-9-17-18-10-22(14(3)4)31-27(18)28-20(12-24(32-28)16(7)8)19-11-23(15(5)6)30-26(19)25(17)29-21/h9-16H,1-8H3. The first kappa shape index (κ1) is 22.6. The van der Waals surface area contributed by atoms with Crippen LogP contribution in [0.3, 0.4) is 0 Å². The molecule has 1 aliphatic carbocycles. The smallest absolute Gasteiger partial charge is 0.0530 e. The molecular formula is C28H32S4. The van der Waals surface area contributed by atoms with Crippen molar-refractivity contribution in [1.29, 1.82) is 0 Å². The maximum absolute atomic E-state index is 2.50. The number of hydrogen-bond donors (Lipinski definition) is 0. The summed E-state index contributed by atoms with van der Waals surface area (Å²) < 4.78 is 0. The van der Waals surface area contributed by atoms with Gasteiger partial charge in [-0.1, -0.05) is 55.4 Å². The lowest BCUT2D eigenvalue weighted by Gasteiger charge is -2.12. The van der Waals surface area contributed by atoms with Crippen LogP contribution in [0.5, 0.6) is 0 Å². The Hall–Kier alpha value is -1.20. The first-order chi connectivity index (χ1) is 15.2. The molecule has 1 aliphatic rings. The summed E-state index contributed by atoms with van der Waals surface area (Å²) in [6.45, 7) is 18.6. The van der Waals surface area contributed by atoms with E-state index in [1.807, 2.05) is 45.3 Å². The molecule has 32 heavy (non-hydrogen) atoms. The average Bonchev–Trinajstić information content (AvgIpc) is 3.47. The molecule has 5 rings (SSSR count). The minimum Gasteiger partial charge on any atom is -0.138 e. The van der Waals surface area contributed by atoms with Gasteiger partial charge in [-0.3, -0.25) is 0 Å². The van der Waals surface area contributed by atoms with Gasteiger partial charge in [0.1, 0.15) is 0 Å². The summed E-state index contributed by atoms with van der Waals surface area (Å²) in [5.74, 6) is 2.20. The van der Waals surface area contributed by atoms with Crippen molar-refractivity contribution in [3.05, 3.63) is 43.8 Å². The number of hydrogen-bond acceptors (Lipinski definition) is 4. The zero-order valence-corrected chi connectivity index (χ0v) is 23.5. The van der Waals surface area contributed by atoms with Crippen molar-refractivity contribution in [1.82, 2.24) is 0 Å². The molecule has 0 aromatic carbocycles. The van der Waals surface area contributed by atoms with Crippen LogP contribution in [0.15, 0.2) is 24.3 Å². The quantitative estimate of drug-likeness (QED) is 0.232. The lowest BCUT2D eigenvalue weighted by Crippen LogP contribution is -1.85. The minimum atomic E-state index is 0.550. The van der Waals surface area contributed by atoms with Crippen LogP contribution in [-0.4, -0.2) is 0 Å². The molecule has 0 radical (unpaired) electrons. The summed E-state index contributed by atoms with van der Waals surface area (Å²) in [7, 11) is 0. The topological polar surface area (TPSA) is 0 Å². The van der Waals surface area contributed by atoms with Crippen LogP contribution in [-0.2, 0) is 0 Å². The Kier molecular flexibility index (Phi) is 5.81. The van der Waals surface area contributed by atoms with Crippen molar-refractivity contribution in [2.75, 3.05) is 0 Å².